The van der Waals surface area contributed by atoms with E-state index in [1.807, 2.05) is 37.4 Å². The van der Waals surface area contributed by atoms with Crippen LogP contribution in [0.1, 0.15) is 19.9 Å². The van der Waals surface area contributed by atoms with Crippen LogP contribution in [0.15, 0.2) is 28.4 Å². The molecule has 0 aliphatic carbocycles. The van der Waals surface area contributed by atoms with Crippen LogP contribution in [0.25, 0.3) is 10.6 Å². The van der Waals surface area contributed by atoms with E-state index in [-0.39, 0.29) is 11.7 Å². The van der Waals surface area contributed by atoms with Crippen molar-refractivity contribution in [1.29, 1.82) is 0 Å². The van der Waals surface area contributed by atoms with E-state index in [1.165, 1.54) is 0 Å². The number of nitrogens with one attached hydrogen (secondary N) is 1. The minimum Gasteiger partial charge on any atom is -0.298 e. The van der Waals surface area contributed by atoms with Crippen LogP contribution >= 0.6 is 23.6 Å². The number of aromatic nitrogens is 2. The first kappa shape index (κ1) is 11.3. The third kappa shape index (κ3) is 2.01. The first-order valence-electron chi connectivity index (χ1n) is 4.99. The predicted octanol–water partition coefficient (Wildman–Crippen LogP) is 3.22. The highest BCUT2D eigenvalue weighted by Crippen LogP contribution is 2.25. The van der Waals surface area contributed by atoms with E-state index in [1.54, 1.807) is 15.9 Å². The Labute approximate surface area is 102 Å². The number of hydrogen-bond acceptors (Lipinski definition) is 3. The number of H-pyrrole nitrogens is 1. The zero-order valence-corrected chi connectivity index (χ0v) is 10.7. The first-order chi connectivity index (χ1) is 7.59. The highest BCUT2D eigenvalue weighted by molar-refractivity contribution is 7.71. The second kappa shape index (κ2) is 4.35. The third-order valence-corrected chi connectivity index (χ3v) is 3.38. The van der Waals surface area contributed by atoms with Crippen molar-refractivity contribution in [1.82, 2.24) is 9.55 Å². The largest absolute Gasteiger partial charge is 0.327 e. The van der Waals surface area contributed by atoms with Gasteiger partial charge in [0.1, 0.15) is 4.64 Å². The van der Waals surface area contributed by atoms with Crippen molar-refractivity contribution < 1.29 is 0 Å². The smallest absolute Gasteiger partial charge is 0.298 e. The maximum Gasteiger partial charge on any atom is 0.327 e. The Bertz CT molecular complexity index is 593. The zero-order valence-electron chi connectivity index (χ0n) is 9.06. The van der Waals surface area contributed by atoms with Crippen LogP contribution in [0.2, 0.25) is 0 Å². The van der Waals surface area contributed by atoms with Crippen molar-refractivity contribution in [2.45, 2.75) is 19.9 Å². The Morgan fingerprint density at radius 3 is 2.81 bits per heavy atom. The molecule has 84 valence electrons. The van der Waals surface area contributed by atoms with Gasteiger partial charge in [-0.05, 0) is 31.4 Å². The monoisotopic (exact) mass is 252 g/mol. The van der Waals surface area contributed by atoms with Gasteiger partial charge >= 0.3 is 5.69 Å². The van der Waals surface area contributed by atoms with E-state index in [2.05, 4.69) is 4.98 Å². The van der Waals surface area contributed by atoms with E-state index in [0.717, 1.165) is 10.6 Å². The molecule has 0 fully saturated rings. The molecule has 2 rings (SSSR count). The molecule has 1 N–H and O–H groups in total. The molecule has 0 aliphatic heterocycles. The molecule has 0 saturated carbocycles. The summed E-state index contributed by atoms with van der Waals surface area (Å²) in [5.74, 6) is 0. The second-order valence-electron chi connectivity index (χ2n) is 3.77. The minimum atomic E-state index is -0.147. The van der Waals surface area contributed by atoms with Crippen LogP contribution in [-0.4, -0.2) is 9.55 Å². The van der Waals surface area contributed by atoms with Crippen LogP contribution < -0.4 is 5.69 Å². The molecule has 0 radical (unpaired) electrons. The second-order valence-corrected chi connectivity index (χ2v) is 5.15. The average Bonchev–Trinajstić information content (AvgIpc) is 2.67. The quantitative estimate of drug-likeness (QED) is 0.833. The number of hydrogen-bond donors (Lipinski definition) is 1. The van der Waals surface area contributed by atoms with E-state index in [4.69, 9.17) is 12.2 Å². The average molecular weight is 252 g/mol. The van der Waals surface area contributed by atoms with E-state index >= 15 is 0 Å². The molecule has 2 aromatic heterocycles. The van der Waals surface area contributed by atoms with Gasteiger partial charge in [0, 0.05) is 6.04 Å². The van der Waals surface area contributed by atoms with Gasteiger partial charge in [-0.3, -0.25) is 9.55 Å². The lowest BCUT2D eigenvalue weighted by atomic mass is 10.3. The maximum absolute atomic E-state index is 11.8. The molecule has 5 heteroatoms. The molecule has 2 aromatic rings. The maximum atomic E-state index is 11.8. The summed E-state index contributed by atoms with van der Waals surface area (Å²) in [6.07, 6.45) is 0. The normalized spacial score (nSPS) is 10.9. The molecule has 0 aromatic carbocycles. The summed E-state index contributed by atoms with van der Waals surface area (Å²) in [6.45, 7) is 3.96. The van der Waals surface area contributed by atoms with Crippen LogP contribution in [0.3, 0.4) is 0 Å². The Kier molecular flexibility index (Phi) is 3.07. The van der Waals surface area contributed by atoms with Crippen molar-refractivity contribution in [3.05, 3.63) is 38.7 Å². The standard InChI is InChI=1S/C11H12N2OS2/c1-7(2)13-8(9-4-3-5-16-9)6-10(15)12-11(13)14/h3-7H,1-2H3,(H,12,14,15). The molecule has 0 atom stereocenters. The van der Waals surface area contributed by atoms with Crippen LogP contribution in [0.5, 0.6) is 0 Å². The molecule has 0 bridgehead atoms. The fourth-order valence-corrected chi connectivity index (χ4v) is 2.57. The molecular weight excluding hydrogens is 240 g/mol. The lowest BCUT2D eigenvalue weighted by molar-refractivity contribution is 0.570. The summed E-state index contributed by atoms with van der Waals surface area (Å²) >= 11 is 6.65. The number of thiophene rings is 1. The van der Waals surface area contributed by atoms with Crippen molar-refractivity contribution in [2.24, 2.45) is 0 Å². The Balaban J connectivity index is 2.78. The van der Waals surface area contributed by atoms with Crippen molar-refractivity contribution in [2.75, 3.05) is 0 Å². The number of aromatic amines is 1. The fourth-order valence-electron chi connectivity index (χ4n) is 1.63. The Morgan fingerprint density at radius 2 is 2.25 bits per heavy atom. The molecule has 0 amide bonds. The Morgan fingerprint density at radius 1 is 1.50 bits per heavy atom. The molecule has 16 heavy (non-hydrogen) atoms. The van der Waals surface area contributed by atoms with E-state index < -0.39 is 0 Å². The molecular formula is C11H12N2OS2. The summed E-state index contributed by atoms with van der Waals surface area (Å²) in [4.78, 5) is 15.6. The van der Waals surface area contributed by atoms with Crippen molar-refractivity contribution in [3.8, 4) is 10.6 Å². The van der Waals surface area contributed by atoms with Gasteiger partial charge < -0.3 is 0 Å². The van der Waals surface area contributed by atoms with Gasteiger partial charge in [-0.15, -0.1) is 11.3 Å². The predicted molar refractivity (Wildman–Crippen MR) is 69.6 cm³/mol. The summed E-state index contributed by atoms with van der Waals surface area (Å²) in [5.41, 5.74) is 0.740. The molecule has 3 nitrogen and oxygen atoms in total. The van der Waals surface area contributed by atoms with Crippen molar-refractivity contribution in [3.63, 3.8) is 0 Å². The SMILES string of the molecule is CC(C)n1c(-c2cccs2)cc(=S)[nH]c1=O. The Hall–Kier alpha value is -1.20. The van der Waals surface area contributed by atoms with Crippen LogP contribution in [-0.2, 0) is 0 Å². The van der Waals surface area contributed by atoms with Gasteiger partial charge in [0.05, 0.1) is 10.6 Å². The lowest BCUT2D eigenvalue weighted by Gasteiger charge is -2.14. The van der Waals surface area contributed by atoms with Crippen molar-refractivity contribution >= 4 is 23.6 Å². The summed E-state index contributed by atoms with van der Waals surface area (Å²) in [5, 5.41) is 1.99. The summed E-state index contributed by atoms with van der Waals surface area (Å²) in [7, 11) is 0. The molecule has 0 unspecified atom stereocenters. The molecule has 0 aliphatic rings. The summed E-state index contributed by atoms with van der Waals surface area (Å²) in [6, 6.07) is 5.90. The van der Waals surface area contributed by atoms with Gasteiger partial charge in [0.2, 0.25) is 0 Å². The molecule has 2 heterocycles. The molecule has 0 saturated heterocycles. The third-order valence-electron chi connectivity index (χ3n) is 2.27. The highest BCUT2D eigenvalue weighted by atomic mass is 32.1. The van der Waals surface area contributed by atoms with Gasteiger partial charge in [-0.2, -0.15) is 0 Å². The lowest BCUT2D eigenvalue weighted by Crippen LogP contribution is -2.25. The van der Waals surface area contributed by atoms with Gasteiger partial charge in [-0.1, -0.05) is 18.3 Å². The first-order valence-corrected chi connectivity index (χ1v) is 6.28. The fraction of sp³-hybridized carbons (Fsp3) is 0.273. The minimum absolute atomic E-state index is 0.108. The van der Waals surface area contributed by atoms with E-state index in [0.29, 0.717) is 4.64 Å². The van der Waals surface area contributed by atoms with Gasteiger partial charge in [0.25, 0.3) is 0 Å². The zero-order chi connectivity index (χ0) is 11.7. The van der Waals surface area contributed by atoms with Crippen LogP contribution in [0.4, 0.5) is 0 Å². The summed E-state index contributed by atoms with van der Waals surface area (Å²) < 4.78 is 2.20. The van der Waals surface area contributed by atoms with Gasteiger partial charge in [-0.25, -0.2) is 4.79 Å². The topological polar surface area (TPSA) is 37.8 Å². The van der Waals surface area contributed by atoms with E-state index in [9.17, 15) is 4.79 Å². The molecule has 0 spiro atoms. The number of nitrogens with zero attached hydrogens (tertiary/aromatic N) is 1. The highest BCUT2D eigenvalue weighted by Gasteiger charge is 2.10. The number of rotatable bonds is 2. The van der Waals surface area contributed by atoms with Gasteiger partial charge in [0.15, 0.2) is 0 Å². The van der Waals surface area contributed by atoms with Crippen LogP contribution in [0, 0.1) is 4.64 Å².